The minimum atomic E-state index is 0.166. The van der Waals surface area contributed by atoms with Gasteiger partial charge in [0.1, 0.15) is 4.83 Å². The molecule has 0 radical (unpaired) electrons. The summed E-state index contributed by atoms with van der Waals surface area (Å²) in [6.45, 7) is 7.33. The van der Waals surface area contributed by atoms with Gasteiger partial charge in [-0.15, -0.1) is 11.3 Å². The molecule has 2 aliphatic rings. The lowest BCUT2D eigenvalue weighted by Gasteiger charge is -2.36. The summed E-state index contributed by atoms with van der Waals surface area (Å²) in [5, 5.41) is 1.73. The standard InChI is InChI=1S/C24H29ClN4OS/c1-2-11-29-23(30)21-18-8-4-6-10-20(18)31-22(21)26-24(29)28-14-12-27(13-15-28)16-17-7-3-5-9-19(17)25/h3,5,7,9H,2,4,6,8,10-16H2,1H3. The minimum absolute atomic E-state index is 0.166. The number of aryl methyl sites for hydroxylation is 2. The van der Waals surface area contributed by atoms with Crippen molar-refractivity contribution in [2.75, 3.05) is 31.1 Å². The number of benzene rings is 1. The van der Waals surface area contributed by atoms with Crippen molar-refractivity contribution in [2.24, 2.45) is 0 Å². The maximum Gasteiger partial charge on any atom is 0.263 e. The fourth-order valence-electron chi connectivity index (χ4n) is 4.87. The molecule has 0 saturated carbocycles. The number of nitrogens with zero attached hydrogens (tertiary/aromatic N) is 4. The lowest BCUT2D eigenvalue weighted by Crippen LogP contribution is -2.48. The summed E-state index contributed by atoms with van der Waals surface area (Å²) in [5.74, 6) is 0.857. The Morgan fingerprint density at radius 1 is 1.10 bits per heavy atom. The molecule has 1 aliphatic heterocycles. The van der Waals surface area contributed by atoms with E-state index in [1.54, 1.807) is 11.3 Å². The minimum Gasteiger partial charge on any atom is -0.340 e. The van der Waals surface area contributed by atoms with Gasteiger partial charge in [-0.25, -0.2) is 4.98 Å². The van der Waals surface area contributed by atoms with Gasteiger partial charge < -0.3 is 4.90 Å². The number of anilines is 1. The number of thiophene rings is 1. The summed E-state index contributed by atoms with van der Waals surface area (Å²) in [4.78, 5) is 25.7. The van der Waals surface area contributed by atoms with Gasteiger partial charge in [-0.1, -0.05) is 36.7 Å². The summed E-state index contributed by atoms with van der Waals surface area (Å²) < 4.78 is 1.94. The Balaban J connectivity index is 1.42. The fraction of sp³-hybridized carbons (Fsp3) is 0.500. The van der Waals surface area contributed by atoms with Gasteiger partial charge in [0, 0.05) is 49.2 Å². The van der Waals surface area contributed by atoms with E-state index in [2.05, 4.69) is 22.8 Å². The molecular weight excluding hydrogens is 428 g/mol. The molecule has 1 aromatic carbocycles. The van der Waals surface area contributed by atoms with Crippen molar-refractivity contribution in [3.8, 4) is 0 Å². The molecule has 1 saturated heterocycles. The monoisotopic (exact) mass is 456 g/mol. The van der Waals surface area contributed by atoms with Gasteiger partial charge in [-0.05, 0) is 49.3 Å². The zero-order valence-electron chi connectivity index (χ0n) is 18.1. The third-order valence-corrected chi connectivity index (χ3v) is 8.06. The summed E-state index contributed by atoms with van der Waals surface area (Å²) in [5.41, 5.74) is 2.62. The number of hydrogen-bond donors (Lipinski definition) is 0. The van der Waals surface area contributed by atoms with E-state index in [4.69, 9.17) is 16.6 Å². The van der Waals surface area contributed by atoms with Crippen LogP contribution in [0.25, 0.3) is 10.2 Å². The Morgan fingerprint density at radius 2 is 1.87 bits per heavy atom. The predicted molar refractivity (Wildman–Crippen MR) is 130 cm³/mol. The first-order valence-electron chi connectivity index (χ1n) is 11.4. The SMILES string of the molecule is CCCn1c(N2CCN(Cc3ccccc3Cl)CC2)nc2sc3c(c2c1=O)CCCC3. The molecule has 1 aliphatic carbocycles. The van der Waals surface area contributed by atoms with Crippen molar-refractivity contribution in [1.29, 1.82) is 0 Å². The molecule has 1 fully saturated rings. The molecule has 0 bridgehead atoms. The Hall–Kier alpha value is -1.89. The number of hydrogen-bond acceptors (Lipinski definition) is 5. The van der Waals surface area contributed by atoms with Gasteiger partial charge in [-0.2, -0.15) is 0 Å². The molecule has 5 nitrogen and oxygen atoms in total. The molecular formula is C24H29ClN4OS. The number of piperazine rings is 1. The number of halogens is 1. The molecule has 0 atom stereocenters. The number of aromatic nitrogens is 2. The first-order chi connectivity index (χ1) is 15.2. The zero-order chi connectivity index (χ0) is 21.4. The maximum absolute atomic E-state index is 13.5. The van der Waals surface area contributed by atoms with E-state index in [1.165, 1.54) is 28.8 Å². The van der Waals surface area contributed by atoms with Crippen LogP contribution < -0.4 is 10.5 Å². The molecule has 0 amide bonds. The highest BCUT2D eigenvalue weighted by molar-refractivity contribution is 7.18. The molecule has 0 spiro atoms. The quantitative estimate of drug-likeness (QED) is 0.557. The number of fused-ring (bicyclic) bond motifs is 3. The molecule has 5 rings (SSSR count). The smallest absolute Gasteiger partial charge is 0.263 e. The second kappa shape index (κ2) is 8.93. The lowest BCUT2D eigenvalue weighted by atomic mass is 9.97. The summed E-state index contributed by atoms with van der Waals surface area (Å²) in [7, 11) is 0. The highest BCUT2D eigenvalue weighted by atomic mass is 35.5. The second-order valence-corrected chi connectivity index (χ2v) is 10.1. The van der Waals surface area contributed by atoms with Crippen molar-refractivity contribution in [2.45, 2.75) is 52.1 Å². The largest absolute Gasteiger partial charge is 0.340 e. The van der Waals surface area contributed by atoms with Crippen LogP contribution >= 0.6 is 22.9 Å². The third-order valence-electron chi connectivity index (χ3n) is 6.51. The van der Waals surface area contributed by atoms with Gasteiger partial charge in [0.15, 0.2) is 0 Å². The van der Waals surface area contributed by atoms with E-state index in [0.29, 0.717) is 0 Å². The topological polar surface area (TPSA) is 41.4 Å². The van der Waals surface area contributed by atoms with Gasteiger partial charge in [0.05, 0.1) is 5.39 Å². The Bertz CT molecular complexity index is 1150. The average Bonchev–Trinajstić information content (AvgIpc) is 3.16. The highest BCUT2D eigenvalue weighted by Crippen LogP contribution is 2.34. The Morgan fingerprint density at radius 3 is 2.65 bits per heavy atom. The average molecular weight is 457 g/mol. The zero-order valence-corrected chi connectivity index (χ0v) is 19.6. The molecule has 3 aromatic rings. The van der Waals surface area contributed by atoms with E-state index < -0.39 is 0 Å². The summed E-state index contributed by atoms with van der Waals surface area (Å²) >= 11 is 8.10. The van der Waals surface area contributed by atoms with Crippen molar-refractivity contribution in [3.63, 3.8) is 0 Å². The van der Waals surface area contributed by atoms with Gasteiger partial charge in [0.25, 0.3) is 5.56 Å². The summed E-state index contributed by atoms with van der Waals surface area (Å²) in [6.07, 6.45) is 5.46. The van der Waals surface area contributed by atoms with Gasteiger partial charge >= 0.3 is 0 Å². The summed E-state index contributed by atoms with van der Waals surface area (Å²) in [6, 6.07) is 8.07. The van der Waals surface area contributed by atoms with Crippen LogP contribution in [-0.2, 0) is 25.9 Å². The van der Waals surface area contributed by atoms with Crippen LogP contribution in [0.15, 0.2) is 29.1 Å². The fourth-order valence-corrected chi connectivity index (χ4v) is 6.31. The van der Waals surface area contributed by atoms with E-state index in [9.17, 15) is 4.79 Å². The predicted octanol–water partition coefficient (Wildman–Crippen LogP) is 4.72. The van der Waals surface area contributed by atoms with Crippen LogP contribution in [0.4, 0.5) is 5.95 Å². The molecule has 31 heavy (non-hydrogen) atoms. The van der Waals surface area contributed by atoms with Crippen LogP contribution in [0, 0.1) is 0 Å². The van der Waals surface area contributed by atoms with E-state index in [0.717, 1.165) is 79.7 Å². The molecule has 7 heteroatoms. The van der Waals surface area contributed by atoms with E-state index in [-0.39, 0.29) is 5.56 Å². The second-order valence-electron chi connectivity index (χ2n) is 8.61. The highest BCUT2D eigenvalue weighted by Gasteiger charge is 2.26. The Kier molecular flexibility index (Phi) is 6.04. The van der Waals surface area contributed by atoms with Crippen LogP contribution in [0.3, 0.4) is 0 Å². The molecule has 3 heterocycles. The lowest BCUT2D eigenvalue weighted by molar-refractivity contribution is 0.248. The van der Waals surface area contributed by atoms with Crippen LogP contribution in [0.2, 0.25) is 5.02 Å². The van der Waals surface area contributed by atoms with Crippen molar-refractivity contribution < 1.29 is 0 Å². The molecule has 2 aromatic heterocycles. The maximum atomic E-state index is 13.5. The van der Waals surface area contributed by atoms with Gasteiger partial charge in [0.2, 0.25) is 5.95 Å². The van der Waals surface area contributed by atoms with E-state index >= 15 is 0 Å². The van der Waals surface area contributed by atoms with Gasteiger partial charge in [-0.3, -0.25) is 14.3 Å². The van der Waals surface area contributed by atoms with Crippen LogP contribution in [-0.4, -0.2) is 40.6 Å². The molecule has 0 unspecified atom stereocenters. The Labute approximate surface area is 192 Å². The number of rotatable bonds is 5. The normalized spacial score (nSPS) is 17.3. The van der Waals surface area contributed by atoms with Crippen molar-refractivity contribution >= 4 is 39.1 Å². The molecule has 164 valence electrons. The first kappa shape index (κ1) is 21.0. The van der Waals surface area contributed by atoms with Crippen molar-refractivity contribution in [3.05, 3.63) is 55.6 Å². The molecule has 0 N–H and O–H groups in total. The first-order valence-corrected chi connectivity index (χ1v) is 12.6. The van der Waals surface area contributed by atoms with Crippen LogP contribution in [0.5, 0.6) is 0 Å². The van der Waals surface area contributed by atoms with Crippen LogP contribution in [0.1, 0.15) is 42.2 Å². The van der Waals surface area contributed by atoms with E-state index in [1.807, 2.05) is 22.8 Å². The van der Waals surface area contributed by atoms with Crippen molar-refractivity contribution in [1.82, 2.24) is 14.5 Å². The third kappa shape index (κ3) is 4.01.